The molecule has 2 rings (SSSR count). The molecule has 0 fully saturated rings. The molecule has 0 amide bonds. The highest BCUT2D eigenvalue weighted by Gasteiger charge is 2.14. The lowest BCUT2D eigenvalue weighted by Crippen LogP contribution is -2.15. The fourth-order valence-corrected chi connectivity index (χ4v) is 2.95. The van der Waals surface area contributed by atoms with Crippen LogP contribution >= 0.6 is 0 Å². The van der Waals surface area contributed by atoms with Gasteiger partial charge in [-0.2, -0.15) is 0 Å². The van der Waals surface area contributed by atoms with E-state index in [0.717, 1.165) is 35.7 Å². The Morgan fingerprint density at radius 1 is 0.960 bits per heavy atom. The van der Waals surface area contributed by atoms with Gasteiger partial charge in [-0.15, -0.1) is 0 Å². The second kappa shape index (κ2) is 9.33. The first-order chi connectivity index (χ1) is 12.1. The standard InChI is InChI=1S/C21H29NO3/c1-5-10-25-20-8-6-16(13-21(20)24-4)12-18(14-22)17-7-9-19(23-3)15(2)11-17/h6-9,11,13,18H,5,10,12,14,22H2,1-4H3. The largest absolute Gasteiger partial charge is 0.496 e. The lowest BCUT2D eigenvalue weighted by atomic mass is 9.91. The van der Waals surface area contributed by atoms with Crippen LogP contribution in [0, 0.1) is 6.92 Å². The summed E-state index contributed by atoms with van der Waals surface area (Å²) < 4.78 is 16.6. The zero-order chi connectivity index (χ0) is 18.2. The van der Waals surface area contributed by atoms with Crippen LogP contribution in [0.1, 0.15) is 36.0 Å². The van der Waals surface area contributed by atoms with Crippen molar-refractivity contribution in [1.82, 2.24) is 0 Å². The highest BCUT2D eigenvalue weighted by atomic mass is 16.5. The Labute approximate surface area is 150 Å². The van der Waals surface area contributed by atoms with Gasteiger partial charge < -0.3 is 19.9 Å². The lowest BCUT2D eigenvalue weighted by molar-refractivity contribution is 0.294. The number of benzene rings is 2. The van der Waals surface area contributed by atoms with Gasteiger partial charge in [0.1, 0.15) is 5.75 Å². The average Bonchev–Trinajstić information content (AvgIpc) is 2.64. The number of hydrogen-bond acceptors (Lipinski definition) is 4. The molecule has 0 aliphatic carbocycles. The molecule has 0 bridgehead atoms. The van der Waals surface area contributed by atoms with Gasteiger partial charge in [0.05, 0.1) is 20.8 Å². The van der Waals surface area contributed by atoms with Crippen molar-refractivity contribution in [1.29, 1.82) is 0 Å². The summed E-state index contributed by atoms with van der Waals surface area (Å²) in [6, 6.07) is 12.4. The molecule has 0 saturated carbocycles. The molecule has 2 N–H and O–H groups in total. The van der Waals surface area contributed by atoms with E-state index in [1.807, 2.05) is 18.2 Å². The SMILES string of the molecule is CCCOc1ccc(CC(CN)c2ccc(OC)c(C)c2)cc1OC. The maximum atomic E-state index is 6.05. The quantitative estimate of drug-likeness (QED) is 0.745. The Balaban J connectivity index is 2.19. The second-order valence-electron chi connectivity index (χ2n) is 6.20. The first kappa shape index (κ1) is 19.1. The second-order valence-corrected chi connectivity index (χ2v) is 6.20. The van der Waals surface area contributed by atoms with Gasteiger partial charge in [0, 0.05) is 5.92 Å². The Morgan fingerprint density at radius 3 is 2.28 bits per heavy atom. The third kappa shape index (κ3) is 4.89. The van der Waals surface area contributed by atoms with Crippen LogP contribution in [0.5, 0.6) is 17.2 Å². The van der Waals surface area contributed by atoms with Gasteiger partial charge in [-0.25, -0.2) is 0 Å². The van der Waals surface area contributed by atoms with Crippen molar-refractivity contribution in [2.75, 3.05) is 27.4 Å². The van der Waals surface area contributed by atoms with E-state index >= 15 is 0 Å². The number of aryl methyl sites for hydroxylation is 1. The van der Waals surface area contributed by atoms with Crippen LogP contribution in [-0.2, 0) is 6.42 Å². The average molecular weight is 343 g/mol. The van der Waals surface area contributed by atoms with Crippen LogP contribution in [0.15, 0.2) is 36.4 Å². The van der Waals surface area contributed by atoms with Gasteiger partial charge in [-0.1, -0.05) is 25.1 Å². The summed E-state index contributed by atoms with van der Waals surface area (Å²) >= 11 is 0. The molecule has 0 saturated heterocycles. The predicted octanol–water partition coefficient (Wildman–Crippen LogP) is 4.09. The molecular weight excluding hydrogens is 314 g/mol. The Bertz CT molecular complexity index is 685. The molecule has 4 heteroatoms. The van der Waals surface area contributed by atoms with E-state index in [2.05, 4.69) is 32.0 Å². The first-order valence-electron chi connectivity index (χ1n) is 8.77. The van der Waals surface area contributed by atoms with E-state index < -0.39 is 0 Å². The van der Waals surface area contributed by atoms with Crippen LogP contribution < -0.4 is 19.9 Å². The third-order valence-electron chi connectivity index (χ3n) is 4.35. The van der Waals surface area contributed by atoms with Gasteiger partial charge >= 0.3 is 0 Å². The monoisotopic (exact) mass is 343 g/mol. The summed E-state index contributed by atoms with van der Waals surface area (Å²) in [4.78, 5) is 0. The van der Waals surface area contributed by atoms with Gasteiger partial charge in [0.2, 0.25) is 0 Å². The van der Waals surface area contributed by atoms with Crippen molar-refractivity contribution < 1.29 is 14.2 Å². The molecular formula is C21H29NO3. The number of ether oxygens (including phenoxy) is 3. The van der Waals surface area contributed by atoms with E-state index in [1.165, 1.54) is 11.1 Å². The van der Waals surface area contributed by atoms with E-state index in [1.54, 1.807) is 14.2 Å². The number of hydrogen-bond donors (Lipinski definition) is 1. The lowest BCUT2D eigenvalue weighted by Gasteiger charge is -2.18. The van der Waals surface area contributed by atoms with E-state index in [9.17, 15) is 0 Å². The number of methoxy groups -OCH3 is 2. The van der Waals surface area contributed by atoms with Crippen LogP contribution in [0.2, 0.25) is 0 Å². The molecule has 0 spiro atoms. The summed E-state index contributed by atoms with van der Waals surface area (Å²) in [5.41, 5.74) is 9.59. The van der Waals surface area contributed by atoms with Crippen molar-refractivity contribution in [2.24, 2.45) is 5.73 Å². The van der Waals surface area contributed by atoms with Crippen molar-refractivity contribution in [3.8, 4) is 17.2 Å². The molecule has 0 aromatic heterocycles. The summed E-state index contributed by atoms with van der Waals surface area (Å²) in [7, 11) is 3.36. The molecule has 0 heterocycles. The van der Waals surface area contributed by atoms with E-state index in [4.69, 9.17) is 19.9 Å². The Kier molecular flexibility index (Phi) is 7.14. The fraction of sp³-hybridized carbons (Fsp3) is 0.429. The maximum absolute atomic E-state index is 6.05. The Hall–Kier alpha value is -2.20. The summed E-state index contributed by atoms with van der Waals surface area (Å²) in [6.07, 6.45) is 1.82. The zero-order valence-corrected chi connectivity index (χ0v) is 15.7. The van der Waals surface area contributed by atoms with Crippen LogP contribution in [-0.4, -0.2) is 27.4 Å². The van der Waals surface area contributed by atoms with Gasteiger partial charge in [0.15, 0.2) is 11.5 Å². The predicted molar refractivity (Wildman–Crippen MR) is 102 cm³/mol. The molecule has 1 unspecified atom stereocenters. The molecule has 25 heavy (non-hydrogen) atoms. The first-order valence-corrected chi connectivity index (χ1v) is 8.77. The molecule has 0 aliphatic rings. The molecule has 1 atom stereocenters. The fourth-order valence-electron chi connectivity index (χ4n) is 2.95. The minimum atomic E-state index is 0.247. The van der Waals surface area contributed by atoms with Crippen LogP contribution in [0.25, 0.3) is 0 Å². The molecule has 2 aromatic rings. The van der Waals surface area contributed by atoms with Gasteiger partial charge in [-0.3, -0.25) is 0 Å². The van der Waals surface area contributed by atoms with E-state index in [-0.39, 0.29) is 5.92 Å². The third-order valence-corrected chi connectivity index (χ3v) is 4.35. The molecule has 0 radical (unpaired) electrons. The molecule has 0 aliphatic heterocycles. The molecule has 136 valence electrons. The van der Waals surface area contributed by atoms with E-state index in [0.29, 0.717) is 13.2 Å². The number of rotatable bonds is 9. The highest BCUT2D eigenvalue weighted by Crippen LogP contribution is 2.31. The van der Waals surface area contributed by atoms with Gasteiger partial charge in [0.25, 0.3) is 0 Å². The Morgan fingerprint density at radius 2 is 1.68 bits per heavy atom. The highest BCUT2D eigenvalue weighted by molar-refractivity contribution is 5.44. The van der Waals surface area contributed by atoms with Crippen molar-refractivity contribution in [2.45, 2.75) is 32.6 Å². The van der Waals surface area contributed by atoms with Crippen molar-refractivity contribution >= 4 is 0 Å². The van der Waals surface area contributed by atoms with Gasteiger partial charge in [-0.05, 0) is 61.2 Å². The topological polar surface area (TPSA) is 53.7 Å². The minimum absolute atomic E-state index is 0.247. The smallest absolute Gasteiger partial charge is 0.161 e. The summed E-state index contributed by atoms with van der Waals surface area (Å²) in [5, 5.41) is 0. The van der Waals surface area contributed by atoms with Crippen molar-refractivity contribution in [3.63, 3.8) is 0 Å². The van der Waals surface area contributed by atoms with Crippen LogP contribution in [0.3, 0.4) is 0 Å². The normalized spacial score (nSPS) is 11.9. The minimum Gasteiger partial charge on any atom is -0.496 e. The molecule has 4 nitrogen and oxygen atoms in total. The maximum Gasteiger partial charge on any atom is 0.161 e. The summed E-state index contributed by atoms with van der Waals surface area (Å²) in [6.45, 7) is 5.41. The number of nitrogens with two attached hydrogens (primary N) is 1. The van der Waals surface area contributed by atoms with Crippen LogP contribution in [0.4, 0.5) is 0 Å². The van der Waals surface area contributed by atoms with Crippen molar-refractivity contribution in [3.05, 3.63) is 53.1 Å². The summed E-state index contributed by atoms with van der Waals surface area (Å²) in [5.74, 6) is 2.71. The molecule has 2 aromatic carbocycles. The zero-order valence-electron chi connectivity index (χ0n) is 15.7.